The molecule has 4 aliphatic carbocycles. The van der Waals surface area contributed by atoms with Crippen LogP contribution in [0.25, 0.3) is 0 Å². The van der Waals surface area contributed by atoms with E-state index in [-0.39, 0.29) is 18.1 Å². The lowest BCUT2D eigenvalue weighted by atomic mass is 9.44. The van der Waals surface area contributed by atoms with Gasteiger partial charge in [-0.25, -0.2) is 4.39 Å². The molecule has 0 aromatic heterocycles. The molecule has 7 heteroatoms. The van der Waals surface area contributed by atoms with Crippen LogP contribution in [0.15, 0.2) is 36.5 Å². The molecule has 5 rings (SSSR count). The summed E-state index contributed by atoms with van der Waals surface area (Å²) in [6.45, 7) is 6.58. The molecule has 3 unspecified atom stereocenters. The Morgan fingerprint density at radius 2 is 2.13 bits per heavy atom. The Morgan fingerprint density at radius 1 is 1.39 bits per heavy atom. The van der Waals surface area contributed by atoms with Gasteiger partial charge in [-0.15, -0.1) is 0 Å². The Bertz CT molecular complexity index is 927. The molecule has 1 heterocycles. The number of rotatable bonds is 3. The zero-order valence-corrected chi connectivity index (χ0v) is 17.8. The van der Waals surface area contributed by atoms with Gasteiger partial charge in [-0.2, -0.15) is 0 Å². The second-order valence-electron chi connectivity index (χ2n) is 10.2. The highest BCUT2D eigenvalue weighted by atomic mass is 19.1. The van der Waals surface area contributed by atoms with E-state index in [9.17, 15) is 19.8 Å². The second kappa shape index (κ2) is 6.44. The first-order valence-electron chi connectivity index (χ1n) is 11.0. The molecule has 4 fully saturated rings. The predicted molar refractivity (Wildman–Crippen MR) is 109 cm³/mol. The summed E-state index contributed by atoms with van der Waals surface area (Å²) in [6, 6.07) is 0. The van der Waals surface area contributed by atoms with Gasteiger partial charge in [0.05, 0.1) is 12.2 Å². The average Bonchev–Trinajstić information content (AvgIpc) is 3.22. The molecule has 0 amide bonds. The minimum absolute atomic E-state index is 0.00914. The molecule has 1 aliphatic heterocycles. The minimum Gasteiger partial charge on any atom is -0.390 e. The van der Waals surface area contributed by atoms with Gasteiger partial charge in [-0.1, -0.05) is 25.2 Å². The first-order chi connectivity index (χ1) is 14.6. The van der Waals surface area contributed by atoms with Crippen LogP contribution in [0.4, 0.5) is 4.39 Å². The largest absolute Gasteiger partial charge is 0.390 e. The maximum atomic E-state index is 17.1. The topological polar surface area (TPSA) is 93.1 Å². The van der Waals surface area contributed by atoms with Gasteiger partial charge < -0.3 is 19.7 Å². The quantitative estimate of drug-likeness (QED) is 0.665. The molecular weight excluding hydrogens is 403 g/mol. The number of halogens is 1. The number of alkyl halides is 1. The molecule has 0 aromatic carbocycles. The first-order valence-corrected chi connectivity index (χ1v) is 11.0. The van der Waals surface area contributed by atoms with Crippen LogP contribution >= 0.6 is 0 Å². The van der Waals surface area contributed by atoms with Gasteiger partial charge in [0.25, 0.3) is 0 Å². The maximum absolute atomic E-state index is 17.1. The molecule has 0 aromatic rings. The zero-order valence-electron chi connectivity index (χ0n) is 17.8. The van der Waals surface area contributed by atoms with Crippen LogP contribution in [0.2, 0.25) is 0 Å². The fourth-order valence-corrected chi connectivity index (χ4v) is 7.71. The lowest BCUT2D eigenvalue weighted by Gasteiger charge is -2.62. The van der Waals surface area contributed by atoms with Crippen LogP contribution in [0, 0.1) is 22.7 Å². The Balaban J connectivity index is 1.63. The smallest absolute Gasteiger partial charge is 0.193 e. The number of fused-ring (bicyclic) bond motifs is 7. The lowest BCUT2D eigenvalue weighted by Crippen LogP contribution is -2.69. The van der Waals surface area contributed by atoms with E-state index in [2.05, 4.69) is 6.58 Å². The average molecular weight is 432 g/mol. The predicted octanol–water partition coefficient (Wildman–Crippen LogP) is 2.19. The minimum atomic E-state index is -1.99. The number of ketones is 2. The fraction of sp³-hybridized carbons (Fsp3) is 0.667. The second-order valence-corrected chi connectivity index (χ2v) is 10.2. The van der Waals surface area contributed by atoms with Crippen LogP contribution in [-0.2, 0) is 19.1 Å². The maximum Gasteiger partial charge on any atom is 0.193 e. The third kappa shape index (κ3) is 2.25. The molecule has 9 atom stereocenters. The van der Waals surface area contributed by atoms with E-state index < -0.39 is 58.9 Å². The summed E-state index contributed by atoms with van der Waals surface area (Å²) in [5, 5.41) is 21.1. The van der Waals surface area contributed by atoms with Crippen molar-refractivity contribution < 1.29 is 33.7 Å². The summed E-state index contributed by atoms with van der Waals surface area (Å²) in [5.41, 5.74) is -4.75. The van der Waals surface area contributed by atoms with Crippen molar-refractivity contribution >= 4 is 11.6 Å². The Kier molecular flexibility index (Phi) is 4.40. The van der Waals surface area contributed by atoms with E-state index in [1.54, 1.807) is 13.0 Å². The molecule has 0 spiro atoms. The number of aliphatic hydroxyl groups excluding tert-OH is 2. The molecule has 0 bridgehead atoms. The number of carbonyl (C=O) groups excluding carboxylic acids is 2. The number of carbonyl (C=O) groups is 2. The van der Waals surface area contributed by atoms with Gasteiger partial charge in [0, 0.05) is 16.7 Å². The van der Waals surface area contributed by atoms with Crippen LogP contribution in [-0.4, -0.2) is 58.2 Å². The Hall–Kier alpha value is -1.67. The summed E-state index contributed by atoms with van der Waals surface area (Å²) in [5.74, 6) is -1.51. The summed E-state index contributed by atoms with van der Waals surface area (Å²) >= 11 is 0. The SMILES string of the molecule is C=CC1OC2C[C@H]3[C@@H]4CCC5=CC(=O)C=C[C@]5(C)C4(F)[C@@H](O)C[C@]3(C)[C@]2(C(=O)CO)O1. The molecule has 5 aliphatic rings. The van der Waals surface area contributed by atoms with Gasteiger partial charge >= 0.3 is 0 Å². The third-order valence-electron chi connectivity index (χ3n) is 9.15. The summed E-state index contributed by atoms with van der Waals surface area (Å²) in [7, 11) is 0. The highest BCUT2D eigenvalue weighted by molar-refractivity contribution is 6.01. The van der Waals surface area contributed by atoms with Gasteiger partial charge in [0.2, 0.25) is 0 Å². The summed E-state index contributed by atoms with van der Waals surface area (Å²) < 4.78 is 29.2. The van der Waals surface area contributed by atoms with E-state index in [0.29, 0.717) is 24.8 Å². The zero-order chi connectivity index (χ0) is 22.4. The van der Waals surface area contributed by atoms with Crippen LogP contribution < -0.4 is 0 Å². The van der Waals surface area contributed by atoms with E-state index in [0.717, 1.165) is 0 Å². The van der Waals surface area contributed by atoms with E-state index in [1.165, 1.54) is 18.2 Å². The van der Waals surface area contributed by atoms with Gasteiger partial charge in [0.15, 0.2) is 29.1 Å². The highest BCUT2D eigenvalue weighted by Crippen LogP contribution is 2.71. The number of hydrogen-bond acceptors (Lipinski definition) is 6. The van der Waals surface area contributed by atoms with E-state index >= 15 is 4.39 Å². The molecule has 168 valence electrons. The summed E-state index contributed by atoms with van der Waals surface area (Å²) in [4.78, 5) is 25.0. The number of aliphatic hydroxyl groups is 2. The first kappa shape index (κ1) is 21.2. The standard InChI is InChI=1S/C24H29FO6/c1-4-20-30-19-10-16-15-6-5-13-9-14(27)7-8-21(13,2)23(15,25)17(28)11-22(16,3)24(19,31-20)18(29)12-26/h4,7-9,15-17,19-20,26,28H,1,5-6,10-12H2,2-3H3/t15-,16-,17-,19?,20?,21-,22-,23?,24+/m0/s1. The van der Waals surface area contributed by atoms with Crippen LogP contribution in [0.3, 0.4) is 0 Å². The van der Waals surface area contributed by atoms with Crippen molar-refractivity contribution in [3.8, 4) is 0 Å². The van der Waals surface area contributed by atoms with Crippen LogP contribution in [0.5, 0.6) is 0 Å². The highest BCUT2D eigenvalue weighted by Gasteiger charge is 2.79. The lowest BCUT2D eigenvalue weighted by molar-refractivity contribution is -0.226. The molecule has 6 nitrogen and oxygen atoms in total. The number of hydrogen-bond donors (Lipinski definition) is 2. The normalized spacial score (nSPS) is 52.6. The van der Waals surface area contributed by atoms with Gasteiger partial charge in [0.1, 0.15) is 6.61 Å². The Morgan fingerprint density at radius 3 is 2.81 bits per heavy atom. The molecular formula is C24H29FO6. The molecule has 2 N–H and O–H groups in total. The van der Waals surface area contributed by atoms with Crippen molar-refractivity contribution in [1.29, 1.82) is 0 Å². The number of Topliss-reactive ketones (excluding diaryl/α,β-unsaturated/α-hetero) is 1. The van der Waals surface area contributed by atoms with Gasteiger partial charge in [-0.05, 0) is 56.8 Å². The van der Waals surface area contributed by atoms with Crippen molar-refractivity contribution in [2.45, 2.75) is 69.3 Å². The van der Waals surface area contributed by atoms with Gasteiger partial charge in [-0.3, -0.25) is 9.59 Å². The van der Waals surface area contributed by atoms with Crippen LogP contribution in [0.1, 0.15) is 39.5 Å². The van der Waals surface area contributed by atoms with Crippen molar-refractivity contribution in [1.82, 2.24) is 0 Å². The van der Waals surface area contributed by atoms with E-state index in [1.807, 2.05) is 6.92 Å². The monoisotopic (exact) mass is 432 g/mol. The summed E-state index contributed by atoms with van der Waals surface area (Å²) in [6.07, 6.45) is 4.52. The molecule has 0 radical (unpaired) electrons. The Labute approximate surface area is 180 Å². The number of ether oxygens (including phenoxy) is 2. The fourth-order valence-electron chi connectivity index (χ4n) is 7.71. The number of allylic oxidation sites excluding steroid dienone is 4. The third-order valence-corrected chi connectivity index (χ3v) is 9.15. The molecule has 3 saturated carbocycles. The van der Waals surface area contributed by atoms with E-state index in [4.69, 9.17) is 9.47 Å². The van der Waals surface area contributed by atoms with Crippen molar-refractivity contribution in [3.63, 3.8) is 0 Å². The molecule has 1 saturated heterocycles. The molecule has 31 heavy (non-hydrogen) atoms. The van der Waals surface area contributed by atoms with Crippen molar-refractivity contribution in [2.24, 2.45) is 22.7 Å². The van der Waals surface area contributed by atoms with Crippen molar-refractivity contribution in [2.75, 3.05) is 6.61 Å². The van der Waals surface area contributed by atoms with Crippen molar-refractivity contribution in [3.05, 3.63) is 36.5 Å².